The minimum absolute atomic E-state index is 0.0137. The summed E-state index contributed by atoms with van der Waals surface area (Å²) in [5.41, 5.74) is 5.60. The van der Waals surface area contributed by atoms with Crippen molar-refractivity contribution in [3.05, 3.63) is 24.0 Å². The predicted molar refractivity (Wildman–Crippen MR) is 98.4 cm³/mol. The number of primary amides is 1. The molecule has 0 aromatic carbocycles. The zero-order valence-corrected chi connectivity index (χ0v) is 15.4. The first kappa shape index (κ1) is 19.7. The number of nitrogens with zero attached hydrogens (tertiary/aromatic N) is 1. The first-order chi connectivity index (χ1) is 12.9. The van der Waals surface area contributed by atoms with E-state index in [2.05, 4.69) is 10.3 Å². The third-order valence-electron chi connectivity index (χ3n) is 6.00. The molecule has 2 atom stereocenters. The number of rotatable bonds is 4. The first-order valence-corrected chi connectivity index (χ1v) is 9.80. The molecule has 3 rings (SSSR count). The van der Waals surface area contributed by atoms with Crippen LogP contribution in [0.3, 0.4) is 0 Å². The van der Waals surface area contributed by atoms with Crippen LogP contribution in [0.15, 0.2) is 18.3 Å². The first-order valence-electron chi connectivity index (χ1n) is 9.80. The summed E-state index contributed by atoms with van der Waals surface area (Å²) >= 11 is 0. The van der Waals surface area contributed by atoms with Gasteiger partial charge in [0.1, 0.15) is 5.69 Å². The van der Waals surface area contributed by atoms with E-state index in [0.29, 0.717) is 18.0 Å². The molecule has 0 bridgehead atoms. The van der Waals surface area contributed by atoms with Crippen molar-refractivity contribution in [3.63, 3.8) is 0 Å². The van der Waals surface area contributed by atoms with Crippen LogP contribution in [0.2, 0.25) is 0 Å². The Labute approximate surface area is 158 Å². The molecule has 27 heavy (non-hydrogen) atoms. The maximum Gasteiger partial charge on any atom is 0.267 e. The number of hydrogen-bond donors (Lipinski definition) is 2. The molecule has 2 aliphatic carbocycles. The van der Waals surface area contributed by atoms with Crippen LogP contribution < -0.4 is 11.1 Å². The van der Waals surface area contributed by atoms with Crippen molar-refractivity contribution in [1.82, 2.24) is 4.98 Å². The average molecular weight is 379 g/mol. The second kappa shape index (κ2) is 8.31. The van der Waals surface area contributed by atoms with Crippen LogP contribution in [0.4, 0.5) is 14.5 Å². The highest BCUT2D eigenvalue weighted by Gasteiger charge is 2.46. The average Bonchev–Trinajstić information content (AvgIpc) is 2.90. The Morgan fingerprint density at radius 2 is 1.85 bits per heavy atom. The Morgan fingerprint density at radius 3 is 2.52 bits per heavy atom. The molecule has 2 unspecified atom stereocenters. The van der Waals surface area contributed by atoms with Gasteiger partial charge in [-0.3, -0.25) is 14.6 Å². The van der Waals surface area contributed by atoms with Crippen molar-refractivity contribution in [2.24, 2.45) is 23.5 Å². The molecule has 2 fully saturated rings. The predicted octanol–water partition coefficient (Wildman–Crippen LogP) is 4.14. The molecule has 0 saturated heterocycles. The third kappa shape index (κ3) is 5.02. The van der Waals surface area contributed by atoms with E-state index in [9.17, 15) is 18.4 Å². The molecule has 5 nitrogen and oxygen atoms in total. The fourth-order valence-electron chi connectivity index (χ4n) is 4.62. The topological polar surface area (TPSA) is 85.1 Å². The minimum atomic E-state index is -2.81. The molecule has 0 aliphatic heterocycles. The van der Waals surface area contributed by atoms with Gasteiger partial charge in [-0.15, -0.1) is 0 Å². The summed E-state index contributed by atoms with van der Waals surface area (Å²) in [6, 6.07) is 2.91. The lowest BCUT2D eigenvalue weighted by atomic mass is 9.68. The monoisotopic (exact) mass is 379 g/mol. The fraction of sp³-hybridized carbons (Fsp3) is 0.650. The van der Waals surface area contributed by atoms with Crippen molar-refractivity contribution in [2.75, 3.05) is 5.32 Å². The zero-order chi connectivity index (χ0) is 19.4. The van der Waals surface area contributed by atoms with Crippen LogP contribution in [0.5, 0.6) is 0 Å². The Balaban J connectivity index is 1.77. The quantitative estimate of drug-likeness (QED) is 0.771. The number of carbonyl (C=O) groups is 2. The Morgan fingerprint density at radius 1 is 1.15 bits per heavy atom. The summed E-state index contributed by atoms with van der Waals surface area (Å²) in [7, 11) is 0. The molecule has 3 N–H and O–H groups in total. The van der Waals surface area contributed by atoms with Gasteiger partial charge in [0.15, 0.2) is 0 Å². The molecule has 148 valence electrons. The van der Waals surface area contributed by atoms with Gasteiger partial charge in [0.2, 0.25) is 11.8 Å². The zero-order valence-electron chi connectivity index (χ0n) is 15.4. The Kier molecular flexibility index (Phi) is 6.07. The molecule has 1 aromatic heterocycles. The molecular formula is C20H27F2N3O2. The lowest BCUT2D eigenvalue weighted by molar-refractivity contribution is -0.134. The molecule has 1 aromatic rings. The van der Waals surface area contributed by atoms with Gasteiger partial charge in [-0.25, -0.2) is 8.78 Å². The van der Waals surface area contributed by atoms with Crippen LogP contribution in [0, 0.1) is 17.8 Å². The van der Waals surface area contributed by atoms with E-state index in [4.69, 9.17) is 5.73 Å². The van der Waals surface area contributed by atoms with Gasteiger partial charge in [0.25, 0.3) is 5.91 Å². The van der Waals surface area contributed by atoms with E-state index in [1.165, 1.54) is 31.2 Å². The fourth-order valence-corrected chi connectivity index (χ4v) is 4.62. The van der Waals surface area contributed by atoms with E-state index in [1.807, 2.05) is 0 Å². The number of carbonyl (C=O) groups excluding carboxylic acids is 2. The van der Waals surface area contributed by atoms with Gasteiger partial charge >= 0.3 is 0 Å². The highest BCUT2D eigenvalue weighted by Crippen LogP contribution is 2.46. The lowest BCUT2D eigenvalue weighted by Gasteiger charge is -2.39. The van der Waals surface area contributed by atoms with Crippen molar-refractivity contribution in [3.8, 4) is 0 Å². The molecule has 2 amide bonds. The van der Waals surface area contributed by atoms with E-state index in [-0.39, 0.29) is 18.0 Å². The van der Waals surface area contributed by atoms with Crippen molar-refractivity contribution >= 4 is 17.5 Å². The van der Waals surface area contributed by atoms with Crippen LogP contribution in [0.1, 0.15) is 68.3 Å². The number of nitrogens with one attached hydrogen (secondary N) is 1. The largest absolute Gasteiger partial charge is 0.364 e. The van der Waals surface area contributed by atoms with Gasteiger partial charge in [-0.1, -0.05) is 38.5 Å². The van der Waals surface area contributed by atoms with Crippen molar-refractivity contribution in [2.45, 2.75) is 63.7 Å². The molecule has 1 heterocycles. The van der Waals surface area contributed by atoms with Crippen LogP contribution in [0.25, 0.3) is 0 Å². The van der Waals surface area contributed by atoms with E-state index >= 15 is 0 Å². The van der Waals surface area contributed by atoms with E-state index in [1.54, 1.807) is 0 Å². The highest BCUT2D eigenvalue weighted by molar-refractivity contribution is 5.95. The molecule has 0 spiro atoms. The van der Waals surface area contributed by atoms with E-state index < -0.39 is 30.1 Å². The van der Waals surface area contributed by atoms with Crippen molar-refractivity contribution < 1.29 is 18.4 Å². The maximum absolute atomic E-state index is 14.1. The third-order valence-corrected chi connectivity index (χ3v) is 6.00. The van der Waals surface area contributed by atoms with Crippen molar-refractivity contribution in [1.29, 1.82) is 0 Å². The molecule has 7 heteroatoms. The molecule has 2 saturated carbocycles. The van der Waals surface area contributed by atoms with Gasteiger partial charge < -0.3 is 11.1 Å². The van der Waals surface area contributed by atoms with Gasteiger partial charge in [0.05, 0.1) is 0 Å². The summed E-state index contributed by atoms with van der Waals surface area (Å²) in [5.74, 6) is -4.31. The minimum Gasteiger partial charge on any atom is -0.364 e. The number of aromatic nitrogens is 1. The lowest BCUT2D eigenvalue weighted by Crippen LogP contribution is -2.42. The summed E-state index contributed by atoms with van der Waals surface area (Å²) < 4.78 is 28.2. The maximum atomic E-state index is 14.1. The SMILES string of the molecule is NC(=O)c1cc(NC(=O)C2CC(F)(F)CCC2C2CCCCCC2)ccn1. The number of halogens is 2. The molecule has 0 radical (unpaired) electrons. The summed E-state index contributed by atoms with van der Waals surface area (Å²) in [5, 5.41) is 2.71. The summed E-state index contributed by atoms with van der Waals surface area (Å²) in [6.07, 6.45) is 7.82. The van der Waals surface area contributed by atoms with Crippen LogP contribution >= 0.6 is 0 Å². The van der Waals surface area contributed by atoms with Crippen LogP contribution in [-0.4, -0.2) is 22.7 Å². The Hall–Kier alpha value is -2.05. The number of pyridine rings is 1. The van der Waals surface area contributed by atoms with Gasteiger partial charge in [-0.2, -0.15) is 0 Å². The van der Waals surface area contributed by atoms with Gasteiger partial charge in [0, 0.05) is 30.6 Å². The number of amides is 2. The number of alkyl halides is 2. The normalized spacial score (nSPS) is 26.1. The molecular weight excluding hydrogens is 352 g/mol. The summed E-state index contributed by atoms with van der Waals surface area (Å²) in [4.78, 5) is 28.0. The highest BCUT2D eigenvalue weighted by atomic mass is 19.3. The standard InChI is InChI=1S/C20H27F2N3O2/c21-20(22)9-7-15(13-5-3-1-2-4-6-13)16(12-20)19(27)25-14-8-10-24-17(11-14)18(23)26/h8,10-11,13,15-16H,1-7,9,12H2,(H2,23,26)(H,24,25,27). The number of anilines is 1. The van der Waals surface area contributed by atoms with E-state index in [0.717, 1.165) is 25.7 Å². The second-order valence-corrected chi connectivity index (χ2v) is 7.90. The second-order valence-electron chi connectivity index (χ2n) is 7.90. The number of hydrogen-bond acceptors (Lipinski definition) is 3. The molecule has 2 aliphatic rings. The van der Waals surface area contributed by atoms with Crippen LogP contribution in [-0.2, 0) is 4.79 Å². The smallest absolute Gasteiger partial charge is 0.267 e. The summed E-state index contributed by atoms with van der Waals surface area (Å²) in [6.45, 7) is 0. The number of nitrogens with two attached hydrogens (primary N) is 1. The Bertz CT molecular complexity index is 688. The van der Waals surface area contributed by atoms with Gasteiger partial charge in [-0.05, 0) is 30.4 Å².